The third-order valence-corrected chi connectivity index (χ3v) is 2.95. The molecule has 0 bridgehead atoms. The standard InChI is InChI=1S/C13H14FN3O2/c1-2-17-12(15-8-16-17)7-11(13(18)19)9-3-5-10(14)6-4-9/h3-6,8,11H,2,7H2,1H3,(H,18,19). The van der Waals surface area contributed by atoms with Crippen LogP contribution in [0.5, 0.6) is 0 Å². The van der Waals surface area contributed by atoms with Gasteiger partial charge < -0.3 is 5.11 Å². The van der Waals surface area contributed by atoms with E-state index < -0.39 is 11.9 Å². The van der Waals surface area contributed by atoms with E-state index in [0.29, 0.717) is 17.9 Å². The summed E-state index contributed by atoms with van der Waals surface area (Å²) in [6, 6.07) is 5.49. The molecular weight excluding hydrogens is 249 g/mol. The summed E-state index contributed by atoms with van der Waals surface area (Å²) < 4.78 is 14.5. The molecule has 1 aromatic heterocycles. The summed E-state index contributed by atoms with van der Waals surface area (Å²) in [5, 5.41) is 13.3. The van der Waals surface area contributed by atoms with E-state index in [0.717, 1.165) is 0 Å². The van der Waals surface area contributed by atoms with Gasteiger partial charge in [-0.05, 0) is 24.6 Å². The summed E-state index contributed by atoms with van der Waals surface area (Å²) in [5.41, 5.74) is 0.555. The van der Waals surface area contributed by atoms with Crippen LogP contribution in [-0.2, 0) is 17.8 Å². The lowest BCUT2D eigenvalue weighted by Gasteiger charge is -2.12. The van der Waals surface area contributed by atoms with Crippen molar-refractivity contribution in [2.45, 2.75) is 25.8 Å². The molecule has 100 valence electrons. The van der Waals surface area contributed by atoms with Gasteiger partial charge in [0.2, 0.25) is 0 Å². The van der Waals surface area contributed by atoms with E-state index in [1.807, 2.05) is 6.92 Å². The minimum absolute atomic E-state index is 0.231. The van der Waals surface area contributed by atoms with Gasteiger partial charge in [0.05, 0.1) is 5.92 Å². The van der Waals surface area contributed by atoms with Crippen molar-refractivity contribution in [3.63, 3.8) is 0 Å². The van der Waals surface area contributed by atoms with E-state index in [1.54, 1.807) is 4.68 Å². The monoisotopic (exact) mass is 263 g/mol. The lowest BCUT2D eigenvalue weighted by atomic mass is 9.95. The summed E-state index contributed by atoms with van der Waals surface area (Å²) in [5.74, 6) is -1.49. The molecule has 0 aliphatic rings. The van der Waals surface area contributed by atoms with Crippen LogP contribution < -0.4 is 0 Å². The highest BCUT2D eigenvalue weighted by Gasteiger charge is 2.22. The molecule has 0 radical (unpaired) electrons. The minimum Gasteiger partial charge on any atom is -0.481 e. The predicted molar refractivity (Wildman–Crippen MR) is 66.2 cm³/mol. The molecule has 1 N–H and O–H groups in total. The molecule has 2 aromatic rings. The molecule has 6 heteroatoms. The SMILES string of the molecule is CCn1ncnc1CC(C(=O)O)c1ccc(F)cc1. The molecule has 0 fully saturated rings. The van der Waals surface area contributed by atoms with Crippen molar-refractivity contribution in [3.05, 3.63) is 47.8 Å². The number of nitrogens with zero attached hydrogens (tertiary/aromatic N) is 3. The number of aliphatic carboxylic acids is 1. The van der Waals surface area contributed by atoms with E-state index in [9.17, 15) is 14.3 Å². The molecular formula is C13H14FN3O2. The van der Waals surface area contributed by atoms with Gasteiger partial charge in [-0.2, -0.15) is 5.10 Å². The molecule has 1 atom stereocenters. The number of carboxylic acid groups (broad SMARTS) is 1. The highest BCUT2D eigenvalue weighted by Crippen LogP contribution is 2.20. The lowest BCUT2D eigenvalue weighted by molar-refractivity contribution is -0.138. The summed E-state index contributed by atoms with van der Waals surface area (Å²) in [7, 11) is 0. The number of carbonyl (C=O) groups is 1. The zero-order valence-electron chi connectivity index (χ0n) is 10.5. The second-order valence-electron chi connectivity index (χ2n) is 4.14. The van der Waals surface area contributed by atoms with Crippen LogP contribution in [0, 0.1) is 5.82 Å². The Morgan fingerprint density at radius 2 is 2.11 bits per heavy atom. The number of benzene rings is 1. The zero-order chi connectivity index (χ0) is 13.8. The van der Waals surface area contributed by atoms with Gasteiger partial charge in [-0.15, -0.1) is 0 Å². The fraction of sp³-hybridized carbons (Fsp3) is 0.308. The number of hydrogen-bond acceptors (Lipinski definition) is 3. The van der Waals surface area contributed by atoms with Crippen LogP contribution in [0.2, 0.25) is 0 Å². The van der Waals surface area contributed by atoms with Gasteiger partial charge in [-0.3, -0.25) is 9.48 Å². The van der Waals surface area contributed by atoms with Gasteiger partial charge in [0, 0.05) is 13.0 Å². The molecule has 0 spiro atoms. The van der Waals surface area contributed by atoms with Crippen molar-refractivity contribution in [2.75, 3.05) is 0 Å². The topological polar surface area (TPSA) is 68.0 Å². The van der Waals surface area contributed by atoms with Crippen molar-refractivity contribution >= 4 is 5.97 Å². The molecule has 0 amide bonds. The van der Waals surface area contributed by atoms with Crippen molar-refractivity contribution in [1.29, 1.82) is 0 Å². The van der Waals surface area contributed by atoms with Crippen molar-refractivity contribution in [2.24, 2.45) is 0 Å². The summed E-state index contributed by atoms with van der Waals surface area (Å²) in [6.07, 6.45) is 1.64. The number of rotatable bonds is 5. The Bertz CT molecular complexity index is 566. The van der Waals surface area contributed by atoms with Crippen LogP contribution in [-0.4, -0.2) is 25.8 Å². The second-order valence-corrected chi connectivity index (χ2v) is 4.14. The smallest absolute Gasteiger partial charge is 0.311 e. The Morgan fingerprint density at radius 1 is 1.42 bits per heavy atom. The Morgan fingerprint density at radius 3 is 2.68 bits per heavy atom. The molecule has 1 unspecified atom stereocenters. The van der Waals surface area contributed by atoms with Crippen molar-refractivity contribution in [3.8, 4) is 0 Å². The quantitative estimate of drug-likeness (QED) is 0.893. The van der Waals surface area contributed by atoms with E-state index >= 15 is 0 Å². The van der Waals surface area contributed by atoms with Gasteiger partial charge in [0.1, 0.15) is 18.0 Å². The zero-order valence-corrected chi connectivity index (χ0v) is 10.5. The molecule has 19 heavy (non-hydrogen) atoms. The lowest BCUT2D eigenvalue weighted by Crippen LogP contribution is -2.17. The average Bonchev–Trinajstić information content (AvgIpc) is 2.84. The summed E-state index contributed by atoms with van der Waals surface area (Å²) in [6.45, 7) is 2.54. The Kier molecular flexibility index (Phi) is 3.89. The Hall–Kier alpha value is -2.24. The van der Waals surface area contributed by atoms with E-state index in [2.05, 4.69) is 10.1 Å². The third-order valence-electron chi connectivity index (χ3n) is 2.95. The molecule has 0 saturated heterocycles. The molecule has 0 aliphatic carbocycles. The molecule has 1 aromatic carbocycles. The largest absolute Gasteiger partial charge is 0.481 e. The Balaban J connectivity index is 2.26. The minimum atomic E-state index is -0.961. The maximum atomic E-state index is 12.9. The molecule has 0 aliphatic heterocycles. The fourth-order valence-corrected chi connectivity index (χ4v) is 1.94. The van der Waals surface area contributed by atoms with Crippen LogP contribution in [0.25, 0.3) is 0 Å². The molecule has 1 heterocycles. The van der Waals surface area contributed by atoms with Crippen molar-refractivity contribution < 1.29 is 14.3 Å². The van der Waals surface area contributed by atoms with Gasteiger partial charge in [-0.1, -0.05) is 12.1 Å². The summed E-state index contributed by atoms with van der Waals surface area (Å²) >= 11 is 0. The van der Waals surface area contributed by atoms with Crippen LogP contribution in [0.15, 0.2) is 30.6 Å². The van der Waals surface area contributed by atoms with Gasteiger partial charge in [0.25, 0.3) is 0 Å². The van der Waals surface area contributed by atoms with E-state index in [4.69, 9.17) is 0 Å². The van der Waals surface area contributed by atoms with Crippen LogP contribution in [0.3, 0.4) is 0 Å². The first-order chi connectivity index (χ1) is 9.11. The maximum absolute atomic E-state index is 12.9. The van der Waals surface area contributed by atoms with Crippen LogP contribution in [0.4, 0.5) is 4.39 Å². The highest BCUT2D eigenvalue weighted by atomic mass is 19.1. The third kappa shape index (κ3) is 2.96. The second kappa shape index (κ2) is 5.60. The van der Waals surface area contributed by atoms with Gasteiger partial charge >= 0.3 is 5.97 Å². The average molecular weight is 263 g/mol. The highest BCUT2D eigenvalue weighted by molar-refractivity contribution is 5.76. The number of hydrogen-bond donors (Lipinski definition) is 1. The van der Waals surface area contributed by atoms with Crippen LogP contribution >= 0.6 is 0 Å². The molecule has 0 saturated carbocycles. The predicted octanol–water partition coefficient (Wildman–Crippen LogP) is 1.85. The van der Waals surface area contributed by atoms with E-state index in [1.165, 1.54) is 30.6 Å². The fourth-order valence-electron chi connectivity index (χ4n) is 1.94. The number of carboxylic acids is 1. The maximum Gasteiger partial charge on any atom is 0.311 e. The first-order valence-corrected chi connectivity index (χ1v) is 5.96. The number of aryl methyl sites for hydroxylation is 1. The number of aromatic nitrogens is 3. The van der Waals surface area contributed by atoms with Gasteiger partial charge in [-0.25, -0.2) is 9.37 Å². The molecule has 2 rings (SSSR count). The summed E-state index contributed by atoms with van der Waals surface area (Å²) in [4.78, 5) is 15.4. The van der Waals surface area contributed by atoms with Crippen LogP contribution in [0.1, 0.15) is 24.2 Å². The number of halogens is 1. The van der Waals surface area contributed by atoms with Crippen molar-refractivity contribution in [1.82, 2.24) is 14.8 Å². The Labute approximate surface area is 109 Å². The normalized spacial score (nSPS) is 12.3. The first-order valence-electron chi connectivity index (χ1n) is 5.96. The van der Waals surface area contributed by atoms with E-state index in [-0.39, 0.29) is 12.2 Å². The molecule has 5 nitrogen and oxygen atoms in total. The van der Waals surface area contributed by atoms with Gasteiger partial charge in [0.15, 0.2) is 0 Å². The first kappa shape index (κ1) is 13.2.